The Morgan fingerprint density at radius 3 is 2.33 bits per heavy atom. The molecule has 0 aliphatic carbocycles. The molecule has 0 bridgehead atoms. The first-order valence-corrected chi connectivity index (χ1v) is 7.54. The molecule has 0 unspecified atom stereocenters. The lowest BCUT2D eigenvalue weighted by Gasteiger charge is -2.41. The van der Waals surface area contributed by atoms with Crippen LogP contribution in [0.3, 0.4) is 0 Å². The highest BCUT2D eigenvalue weighted by molar-refractivity contribution is 5.82. The summed E-state index contributed by atoms with van der Waals surface area (Å²) in [4.78, 5) is 16.3. The second-order valence-corrected chi connectivity index (χ2v) is 5.82. The lowest BCUT2D eigenvalue weighted by atomic mass is 10.1. The molecule has 0 saturated carbocycles. The summed E-state index contributed by atoms with van der Waals surface area (Å²) >= 11 is 0. The fraction of sp³-hybridized carbons (Fsp3) is 0.562. The van der Waals surface area contributed by atoms with Gasteiger partial charge in [-0.15, -0.1) is 0 Å². The van der Waals surface area contributed by atoms with Gasteiger partial charge < -0.3 is 14.4 Å². The van der Waals surface area contributed by atoms with Gasteiger partial charge in [-0.3, -0.25) is 9.69 Å². The van der Waals surface area contributed by atoms with Crippen molar-refractivity contribution in [3.05, 3.63) is 24.3 Å². The van der Waals surface area contributed by atoms with Gasteiger partial charge in [-0.25, -0.2) is 0 Å². The highest BCUT2D eigenvalue weighted by atomic mass is 16.6. The van der Waals surface area contributed by atoms with E-state index in [-0.39, 0.29) is 12.1 Å². The number of piperidine rings is 1. The van der Waals surface area contributed by atoms with Gasteiger partial charge in [-0.1, -0.05) is 18.6 Å². The van der Waals surface area contributed by atoms with Crippen LogP contribution in [-0.2, 0) is 4.79 Å². The van der Waals surface area contributed by atoms with Crippen LogP contribution >= 0.6 is 0 Å². The van der Waals surface area contributed by atoms with E-state index < -0.39 is 6.10 Å². The van der Waals surface area contributed by atoms with Crippen LogP contribution < -0.4 is 9.47 Å². The minimum absolute atomic E-state index is 0.0555. The molecule has 21 heavy (non-hydrogen) atoms. The van der Waals surface area contributed by atoms with E-state index in [0.29, 0.717) is 5.75 Å². The number of rotatable bonds is 2. The van der Waals surface area contributed by atoms with E-state index in [2.05, 4.69) is 4.90 Å². The minimum atomic E-state index is -0.604. The van der Waals surface area contributed by atoms with Crippen LogP contribution in [0.1, 0.15) is 19.3 Å². The number of hydrogen-bond acceptors (Lipinski definition) is 4. The summed E-state index contributed by atoms with van der Waals surface area (Å²) in [5.41, 5.74) is 0. The van der Waals surface area contributed by atoms with Crippen molar-refractivity contribution in [1.82, 2.24) is 9.80 Å². The van der Waals surface area contributed by atoms with E-state index in [1.807, 2.05) is 24.3 Å². The number of para-hydroxylation sites is 2. The highest BCUT2D eigenvalue weighted by Gasteiger charge is 2.41. The van der Waals surface area contributed by atoms with E-state index in [9.17, 15) is 4.79 Å². The van der Waals surface area contributed by atoms with Gasteiger partial charge in [0.15, 0.2) is 17.7 Å². The largest absolute Gasteiger partial charge is 0.471 e. The van der Waals surface area contributed by atoms with Gasteiger partial charge in [-0.05, 0) is 25.0 Å². The van der Waals surface area contributed by atoms with Crippen LogP contribution in [0.25, 0.3) is 0 Å². The summed E-state index contributed by atoms with van der Waals surface area (Å²) in [6, 6.07) is 7.55. The molecule has 0 spiro atoms. The van der Waals surface area contributed by atoms with Crippen molar-refractivity contribution < 1.29 is 14.3 Å². The Bertz CT molecular complexity index is 512. The van der Waals surface area contributed by atoms with E-state index in [1.165, 1.54) is 6.42 Å². The standard InChI is InChI=1S/C16H22N2O3/c1-17(2)15(19)14-16(18-10-6-3-7-11-18)21-13-9-5-4-8-12(13)20-14/h4-5,8-9,14,16H,3,6-7,10-11H2,1-2H3/t14-,16+/m0/s1. The molecular formula is C16H22N2O3. The number of carbonyl (C=O) groups is 1. The lowest BCUT2D eigenvalue weighted by Crippen LogP contribution is -2.58. The maximum absolute atomic E-state index is 12.5. The van der Waals surface area contributed by atoms with Gasteiger partial charge in [0, 0.05) is 27.2 Å². The number of ether oxygens (including phenoxy) is 2. The first-order valence-electron chi connectivity index (χ1n) is 7.54. The molecule has 0 aromatic heterocycles. The summed E-state index contributed by atoms with van der Waals surface area (Å²) in [5.74, 6) is 1.31. The van der Waals surface area contributed by atoms with Crippen LogP contribution in [0.2, 0.25) is 0 Å². The van der Waals surface area contributed by atoms with Crippen molar-refractivity contribution in [3.63, 3.8) is 0 Å². The molecule has 1 aromatic carbocycles. The van der Waals surface area contributed by atoms with Gasteiger partial charge in [0.05, 0.1) is 0 Å². The molecular weight excluding hydrogens is 268 g/mol. The number of fused-ring (bicyclic) bond motifs is 1. The number of benzene rings is 1. The third-order valence-corrected chi connectivity index (χ3v) is 4.04. The predicted molar refractivity (Wildman–Crippen MR) is 79.4 cm³/mol. The molecule has 0 N–H and O–H groups in total. The Hall–Kier alpha value is -1.75. The second kappa shape index (κ2) is 5.93. The van der Waals surface area contributed by atoms with Gasteiger partial charge in [0.2, 0.25) is 6.10 Å². The summed E-state index contributed by atoms with van der Waals surface area (Å²) < 4.78 is 12.1. The van der Waals surface area contributed by atoms with Crippen molar-refractivity contribution >= 4 is 5.91 Å². The quantitative estimate of drug-likeness (QED) is 0.832. The SMILES string of the molecule is CN(C)C(=O)[C@@H]1Oc2ccccc2O[C@H]1N1CCCCC1. The normalized spacial score (nSPS) is 25.4. The molecule has 5 heteroatoms. The van der Waals surface area contributed by atoms with Crippen molar-refractivity contribution in [1.29, 1.82) is 0 Å². The fourth-order valence-corrected chi connectivity index (χ4v) is 2.90. The molecule has 1 fully saturated rings. The molecule has 0 radical (unpaired) electrons. The monoisotopic (exact) mass is 290 g/mol. The minimum Gasteiger partial charge on any atom is -0.471 e. The average molecular weight is 290 g/mol. The maximum atomic E-state index is 12.5. The number of likely N-dealkylation sites (tertiary alicyclic amines) is 1. The topological polar surface area (TPSA) is 42.0 Å². The van der Waals surface area contributed by atoms with Crippen LogP contribution in [-0.4, -0.2) is 55.2 Å². The molecule has 2 heterocycles. The van der Waals surface area contributed by atoms with Gasteiger partial charge >= 0.3 is 0 Å². The number of hydrogen-bond donors (Lipinski definition) is 0. The van der Waals surface area contributed by atoms with Crippen LogP contribution in [0.5, 0.6) is 11.5 Å². The van der Waals surface area contributed by atoms with Gasteiger partial charge in [-0.2, -0.15) is 0 Å². The molecule has 2 atom stereocenters. The molecule has 114 valence electrons. The average Bonchev–Trinajstić information content (AvgIpc) is 2.53. The number of amides is 1. The van der Waals surface area contributed by atoms with Gasteiger partial charge in [0.25, 0.3) is 5.91 Å². The zero-order valence-corrected chi connectivity index (χ0v) is 12.6. The fourth-order valence-electron chi connectivity index (χ4n) is 2.90. The predicted octanol–water partition coefficient (Wildman–Crippen LogP) is 1.73. The second-order valence-electron chi connectivity index (χ2n) is 5.82. The Morgan fingerprint density at radius 1 is 1.10 bits per heavy atom. The number of nitrogens with zero attached hydrogens (tertiary/aromatic N) is 2. The lowest BCUT2D eigenvalue weighted by molar-refractivity contribution is -0.152. The number of likely N-dealkylation sites (N-methyl/N-ethyl adjacent to an activating group) is 1. The Kier molecular flexibility index (Phi) is 4.01. The van der Waals surface area contributed by atoms with Crippen LogP contribution in [0, 0.1) is 0 Å². The first-order chi connectivity index (χ1) is 10.2. The van der Waals surface area contributed by atoms with E-state index in [1.54, 1.807) is 19.0 Å². The van der Waals surface area contributed by atoms with Gasteiger partial charge in [0.1, 0.15) is 0 Å². The van der Waals surface area contributed by atoms with Crippen molar-refractivity contribution in [2.24, 2.45) is 0 Å². The van der Waals surface area contributed by atoms with Crippen LogP contribution in [0.4, 0.5) is 0 Å². The Balaban J connectivity index is 1.88. The van der Waals surface area contributed by atoms with Crippen molar-refractivity contribution in [3.8, 4) is 11.5 Å². The number of carbonyl (C=O) groups excluding carboxylic acids is 1. The molecule has 1 aromatic rings. The molecule has 1 saturated heterocycles. The molecule has 3 rings (SSSR count). The van der Waals surface area contributed by atoms with Crippen LogP contribution in [0.15, 0.2) is 24.3 Å². The first kappa shape index (κ1) is 14.2. The molecule has 2 aliphatic rings. The summed E-state index contributed by atoms with van der Waals surface area (Å²) in [6.45, 7) is 1.90. The summed E-state index contributed by atoms with van der Waals surface area (Å²) in [7, 11) is 3.50. The van der Waals surface area contributed by atoms with E-state index >= 15 is 0 Å². The molecule has 2 aliphatic heterocycles. The summed E-state index contributed by atoms with van der Waals surface area (Å²) in [5, 5.41) is 0. The maximum Gasteiger partial charge on any atom is 0.268 e. The van der Waals surface area contributed by atoms with E-state index in [0.717, 1.165) is 31.7 Å². The van der Waals surface area contributed by atoms with E-state index in [4.69, 9.17) is 9.47 Å². The highest BCUT2D eigenvalue weighted by Crippen LogP contribution is 2.35. The summed E-state index contributed by atoms with van der Waals surface area (Å²) in [6.07, 6.45) is 2.59. The van der Waals surface area contributed by atoms with Crippen molar-refractivity contribution in [2.75, 3.05) is 27.2 Å². The smallest absolute Gasteiger partial charge is 0.268 e. The molecule has 1 amide bonds. The zero-order chi connectivity index (χ0) is 14.8. The molecule has 5 nitrogen and oxygen atoms in total. The Labute approximate surface area is 125 Å². The zero-order valence-electron chi connectivity index (χ0n) is 12.6. The third-order valence-electron chi connectivity index (χ3n) is 4.04. The third kappa shape index (κ3) is 2.83. The van der Waals surface area contributed by atoms with Crippen molar-refractivity contribution in [2.45, 2.75) is 31.6 Å². The Morgan fingerprint density at radius 2 is 1.71 bits per heavy atom.